The molecule has 0 unspecified atom stereocenters. The Kier molecular flexibility index (Phi) is 6.19. The van der Waals surface area contributed by atoms with Gasteiger partial charge in [0.15, 0.2) is 0 Å². The van der Waals surface area contributed by atoms with Gasteiger partial charge in [-0.2, -0.15) is 4.62 Å². The van der Waals surface area contributed by atoms with E-state index in [4.69, 9.17) is 4.62 Å². The standard InChI is InChI=1S/C13H23N5OP.F6P/c1-15(2)20(16(3)4,17(5)6)19-18-13-10-8-7-9-12(13)11-14-18;1-7(2,3,4,5)6/h7-11H,1-6H3;/q+1;-1. The molecular formula is C13H23F6N5OP2. The summed E-state index contributed by atoms with van der Waals surface area (Å²) in [4.78, 5) is 1.63. The van der Waals surface area contributed by atoms with Crippen LogP contribution in [0.15, 0.2) is 30.5 Å². The first-order valence-corrected chi connectivity index (χ1v) is 11.1. The van der Waals surface area contributed by atoms with Crippen LogP contribution in [0, 0.1) is 0 Å². The Morgan fingerprint density at radius 3 is 1.67 bits per heavy atom. The second kappa shape index (κ2) is 7.00. The summed E-state index contributed by atoms with van der Waals surface area (Å²) in [5, 5.41) is 5.44. The fourth-order valence-electron chi connectivity index (χ4n) is 2.41. The second-order valence-electron chi connectivity index (χ2n) is 6.17. The summed E-state index contributed by atoms with van der Waals surface area (Å²) < 4.78 is 71.9. The predicted octanol–water partition coefficient (Wildman–Crippen LogP) is 5.21. The minimum absolute atomic E-state index is 0.974. The summed E-state index contributed by atoms with van der Waals surface area (Å²) in [6.07, 6.45) is 1.82. The third-order valence-electron chi connectivity index (χ3n) is 3.19. The van der Waals surface area contributed by atoms with Crippen LogP contribution in [-0.4, -0.2) is 66.2 Å². The van der Waals surface area contributed by atoms with Crippen LogP contribution < -0.4 is 4.62 Å². The van der Waals surface area contributed by atoms with Crippen molar-refractivity contribution in [2.24, 2.45) is 0 Å². The van der Waals surface area contributed by atoms with Crippen molar-refractivity contribution >= 4 is 26.7 Å². The van der Waals surface area contributed by atoms with E-state index in [-0.39, 0.29) is 0 Å². The fraction of sp³-hybridized carbons (Fsp3) is 0.462. The number of fused-ring (bicyclic) bond motifs is 1. The molecule has 0 aliphatic carbocycles. The topological polar surface area (TPSA) is 36.8 Å². The third-order valence-corrected chi connectivity index (χ3v) is 6.69. The Labute approximate surface area is 154 Å². The molecule has 158 valence electrons. The maximum atomic E-state index is 9.87. The first-order valence-electron chi connectivity index (χ1n) is 7.46. The zero-order valence-electron chi connectivity index (χ0n) is 15.7. The van der Waals surface area contributed by atoms with Crippen molar-refractivity contribution in [1.82, 2.24) is 24.0 Å². The molecule has 0 N–H and O–H groups in total. The van der Waals surface area contributed by atoms with Gasteiger partial charge < -0.3 is 0 Å². The number of rotatable bonds is 5. The molecular weight excluding hydrogens is 418 g/mol. The quantitative estimate of drug-likeness (QED) is 0.471. The molecule has 2 rings (SSSR count). The van der Waals surface area contributed by atoms with E-state index in [0.717, 1.165) is 10.9 Å². The number of nitrogens with zero attached hydrogens (tertiary/aromatic N) is 5. The predicted molar refractivity (Wildman–Crippen MR) is 97.9 cm³/mol. The van der Waals surface area contributed by atoms with Crippen LogP contribution in [0.5, 0.6) is 0 Å². The molecule has 14 heteroatoms. The second-order valence-corrected chi connectivity index (χ2v) is 11.7. The number of hydrogen-bond acceptors (Lipinski definition) is 5. The Hall–Kier alpha value is -1.19. The van der Waals surface area contributed by atoms with Crippen molar-refractivity contribution in [3.63, 3.8) is 0 Å². The molecule has 0 atom stereocenters. The molecule has 1 aromatic heterocycles. The van der Waals surface area contributed by atoms with Crippen molar-refractivity contribution in [2.75, 3.05) is 42.3 Å². The summed E-state index contributed by atoms with van der Waals surface area (Å²) in [5.74, 6) is 0. The molecule has 1 heterocycles. The molecule has 0 saturated carbocycles. The van der Waals surface area contributed by atoms with Crippen LogP contribution in [-0.2, 0) is 0 Å². The number of benzene rings is 1. The molecule has 0 fully saturated rings. The Morgan fingerprint density at radius 2 is 1.26 bits per heavy atom. The van der Waals surface area contributed by atoms with Crippen molar-refractivity contribution < 1.29 is 29.8 Å². The summed E-state index contributed by atoms with van der Waals surface area (Å²) in [6, 6.07) is 8.03. The minimum atomic E-state index is -10.7. The zero-order chi connectivity index (χ0) is 21.3. The number of aromatic nitrogens is 2. The average Bonchev–Trinajstić information content (AvgIpc) is 2.83. The van der Waals surface area contributed by atoms with Gasteiger partial charge in [-0.25, -0.2) is 0 Å². The Balaban J connectivity index is 0.000000445. The van der Waals surface area contributed by atoms with Gasteiger partial charge in [0.2, 0.25) is 0 Å². The molecule has 0 amide bonds. The van der Waals surface area contributed by atoms with Gasteiger partial charge in [0.25, 0.3) is 0 Å². The number of halogens is 6. The normalized spacial score (nSPS) is 15.5. The molecule has 0 aliphatic rings. The maximum absolute atomic E-state index is 10.7. The van der Waals surface area contributed by atoms with Crippen LogP contribution in [0.1, 0.15) is 0 Å². The van der Waals surface area contributed by atoms with Gasteiger partial charge in [-0.05, 0) is 10.9 Å². The SMILES string of the molecule is CN(C)[P+](On1ncc2ccccc21)(N(C)C)N(C)C.F[P-](F)(F)(F)(F)F. The Morgan fingerprint density at radius 1 is 0.852 bits per heavy atom. The van der Waals surface area contributed by atoms with Gasteiger partial charge in [-0.1, -0.05) is 18.2 Å². The van der Waals surface area contributed by atoms with Crippen molar-refractivity contribution in [3.8, 4) is 0 Å². The van der Waals surface area contributed by atoms with E-state index in [9.17, 15) is 25.2 Å². The molecule has 0 spiro atoms. The fourth-order valence-corrected chi connectivity index (χ4v) is 5.33. The van der Waals surface area contributed by atoms with Crippen LogP contribution in [0.25, 0.3) is 10.9 Å². The monoisotopic (exact) mass is 441 g/mol. The van der Waals surface area contributed by atoms with E-state index in [2.05, 4.69) is 19.1 Å². The molecule has 0 saturated heterocycles. The van der Waals surface area contributed by atoms with E-state index in [0.29, 0.717) is 0 Å². The van der Waals surface area contributed by atoms with Crippen LogP contribution in [0.3, 0.4) is 0 Å². The van der Waals surface area contributed by atoms with Crippen LogP contribution in [0.4, 0.5) is 25.2 Å². The van der Waals surface area contributed by atoms with Crippen LogP contribution >= 0.6 is 15.8 Å². The zero-order valence-corrected chi connectivity index (χ0v) is 17.5. The molecule has 2 aromatic rings. The average molecular weight is 441 g/mol. The van der Waals surface area contributed by atoms with E-state index >= 15 is 0 Å². The first kappa shape index (κ1) is 23.8. The van der Waals surface area contributed by atoms with Crippen LogP contribution in [0.2, 0.25) is 0 Å². The molecule has 0 aliphatic heterocycles. The summed E-state index contributed by atoms with van der Waals surface area (Å²) in [6.45, 7) is 0. The van der Waals surface area contributed by atoms with Gasteiger partial charge in [-0.15, -0.1) is 19.1 Å². The first-order chi connectivity index (χ1) is 11.8. The van der Waals surface area contributed by atoms with E-state index < -0.39 is 15.8 Å². The molecule has 1 aromatic carbocycles. The van der Waals surface area contributed by atoms with Gasteiger partial charge >= 0.3 is 40.9 Å². The summed E-state index contributed by atoms with van der Waals surface area (Å²) >= 11 is 0. The van der Waals surface area contributed by atoms with Gasteiger partial charge in [0, 0.05) is 47.7 Å². The van der Waals surface area contributed by atoms with E-state index in [1.165, 1.54) is 0 Å². The van der Waals surface area contributed by atoms with E-state index in [1.54, 1.807) is 4.85 Å². The number of hydrogen-bond donors (Lipinski definition) is 0. The Bertz CT molecular complexity index is 745. The van der Waals surface area contributed by atoms with Crippen molar-refractivity contribution in [3.05, 3.63) is 30.5 Å². The molecule has 27 heavy (non-hydrogen) atoms. The number of para-hydroxylation sites is 1. The molecule has 0 bridgehead atoms. The molecule has 0 radical (unpaired) electrons. The van der Waals surface area contributed by atoms with Gasteiger partial charge in [0.05, 0.1) is 6.20 Å². The van der Waals surface area contributed by atoms with Crippen molar-refractivity contribution in [1.29, 1.82) is 0 Å². The van der Waals surface area contributed by atoms with Crippen molar-refractivity contribution in [2.45, 2.75) is 0 Å². The summed E-state index contributed by atoms with van der Waals surface area (Å²) in [7, 11) is -0.599. The third kappa shape index (κ3) is 7.38. The van der Waals surface area contributed by atoms with Gasteiger partial charge in [0.1, 0.15) is 5.52 Å². The van der Waals surface area contributed by atoms with Gasteiger partial charge in [-0.3, -0.25) is 0 Å². The summed E-state index contributed by atoms with van der Waals surface area (Å²) in [5.41, 5.74) is 0.974. The van der Waals surface area contributed by atoms with E-state index in [1.807, 2.05) is 72.7 Å². The molecule has 6 nitrogen and oxygen atoms in total.